The van der Waals surface area contributed by atoms with Gasteiger partial charge in [-0.25, -0.2) is 0 Å². The van der Waals surface area contributed by atoms with Crippen LogP contribution < -0.4 is 14.8 Å². The number of ether oxygens (including phenoxy) is 2. The summed E-state index contributed by atoms with van der Waals surface area (Å²) in [4.78, 5) is 28.6. The fraction of sp³-hybridized carbons (Fsp3) is 0.517. The molecule has 1 atom stereocenters. The number of nitrogens with one attached hydrogen (secondary N) is 1. The van der Waals surface area contributed by atoms with Crippen LogP contribution in [0.25, 0.3) is 0 Å². The molecule has 0 heterocycles. The van der Waals surface area contributed by atoms with Crippen molar-refractivity contribution < 1.29 is 19.1 Å². The summed E-state index contributed by atoms with van der Waals surface area (Å²) in [6.07, 6.45) is 5.48. The molecule has 1 saturated carbocycles. The van der Waals surface area contributed by atoms with Crippen molar-refractivity contribution in [2.45, 2.75) is 84.3 Å². The van der Waals surface area contributed by atoms with Gasteiger partial charge >= 0.3 is 0 Å². The lowest BCUT2D eigenvalue weighted by Gasteiger charge is -2.32. The van der Waals surface area contributed by atoms with Crippen molar-refractivity contribution in [2.75, 3.05) is 13.2 Å². The van der Waals surface area contributed by atoms with Crippen LogP contribution in [0.5, 0.6) is 11.5 Å². The lowest BCUT2D eigenvalue weighted by Crippen LogP contribution is -2.51. The van der Waals surface area contributed by atoms with E-state index in [1.807, 2.05) is 45.0 Å². The first-order valence-electron chi connectivity index (χ1n) is 13.3. The predicted octanol–water partition coefficient (Wildman–Crippen LogP) is 6.59. The molecule has 0 unspecified atom stereocenters. The van der Waals surface area contributed by atoms with Crippen molar-refractivity contribution in [3.63, 3.8) is 0 Å². The van der Waals surface area contributed by atoms with E-state index in [4.69, 9.17) is 32.7 Å². The smallest absolute Gasteiger partial charge is 0.243 e. The molecule has 1 aliphatic carbocycles. The normalized spacial score (nSPS) is 14.3. The maximum atomic E-state index is 13.6. The molecule has 1 N–H and O–H groups in total. The highest BCUT2D eigenvalue weighted by molar-refractivity contribution is 6.35. The topological polar surface area (TPSA) is 67.9 Å². The Hall–Kier alpha value is -2.44. The SMILES string of the molecule is CCOc1ccc(CCC(=O)N(Cc2ccc(Cl)cc2Cl)[C@@H](CC)C(=O)NC2CCCC2)cc1OCC. The first kappa shape index (κ1) is 29.1. The third-order valence-corrected chi connectivity index (χ3v) is 7.27. The number of nitrogens with zero attached hydrogens (tertiary/aromatic N) is 1. The molecule has 0 saturated heterocycles. The molecule has 2 aromatic carbocycles. The number of hydrogen-bond acceptors (Lipinski definition) is 4. The number of carbonyl (C=O) groups is 2. The Morgan fingerprint density at radius 2 is 1.70 bits per heavy atom. The molecular weight excluding hydrogens is 511 g/mol. The van der Waals surface area contributed by atoms with E-state index in [0.29, 0.717) is 47.6 Å². The minimum Gasteiger partial charge on any atom is -0.490 e. The van der Waals surface area contributed by atoms with E-state index >= 15 is 0 Å². The summed E-state index contributed by atoms with van der Waals surface area (Å²) in [5.41, 5.74) is 1.72. The standard InChI is InChI=1S/C29H38Cl2N2O4/c1-4-25(29(35)32-23-9-7-8-10-23)33(19-21-13-14-22(30)18-24(21)31)28(34)16-12-20-11-15-26(36-5-2)27(17-20)37-6-3/h11,13-15,17-18,23,25H,4-10,12,16,19H2,1-3H3,(H,32,35)/t25-/m0/s1. The number of rotatable bonds is 13. The summed E-state index contributed by atoms with van der Waals surface area (Å²) in [6.45, 7) is 7.08. The van der Waals surface area contributed by atoms with E-state index in [2.05, 4.69) is 5.32 Å². The second-order valence-electron chi connectivity index (χ2n) is 9.32. The van der Waals surface area contributed by atoms with Crippen LogP contribution in [0.15, 0.2) is 36.4 Å². The number of aryl methyl sites for hydroxylation is 1. The molecule has 0 aliphatic heterocycles. The summed E-state index contributed by atoms with van der Waals surface area (Å²) in [7, 11) is 0. The van der Waals surface area contributed by atoms with Crippen LogP contribution in [0.2, 0.25) is 10.0 Å². The Bertz CT molecular complexity index is 1060. The second-order valence-corrected chi connectivity index (χ2v) is 10.2. The Kier molecular flexibility index (Phi) is 11.4. The van der Waals surface area contributed by atoms with E-state index in [0.717, 1.165) is 36.8 Å². The lowest BCUT2D eigenvalue weighted by molar-refractivity contribution is -0.141. The summed E-state index contributed by atoms with van der Waals surface area (Å²) >= 11 is 12.5. The van der Waals surface area contributed by atoms with Crippen molar-refractivity contribution in [2.24, 2.45) is 0 Å². The molecule has 37 heavy (non-hydrogen) atoms. The zero-order valence-electron chi connectivity index (χ0n) is 22.0. The third-order valence-electron chi connectivity index (χ3n) is 6.68. The van der Waals surface area contributed by atoms with Gasteiger partial charge in [-0.05, 0) is 74.9 Å². The van der Waals surface area contributed by atoms with E-state index in [1.54, 1.807) is 17.0 Å². The average Bonchev–Trinajstić information content (AvgIpc) is 3.38. The van der Waals surface area contributed by atoms with Crippen molar-refractivity contribution in [3.05, 3.63) is 57.6 Å². The van der Waals surface area contributed by atoms with Crippen LogP contribution in [-0.4, -0.2) is 42.0 Å². The van der Waals surface area contributed by atoms with Crippen LogP contribution in [0.1, 0.15) is 70.4 Å². The molecule has 1 aliphatic rings. The third kappa shape index (κ3) is 8.27. The first-order chi connectivity index (χ1) is 17.9. The van der Waals surface area contributed by atoms with Gasteiger partial charge in [-0.2, -0.15) is 0 Å². The van der Waals surface area contributed by atoms with Crippen molar-refractivity contribution in [1.29, 1.82) is 0 Å². The predicted molar refractivity (Wildman–Crippen MR) is 149 cm³/mol. The molecule has 2 amide bonds. The Balaban J connectivity index is 1.79. The molecule has 202 valence electrons. The van der Waals surface area contributed by atoms with E-state index in [9.17, 15) is 9.59 Å². The number of hydrogen-bond donors (Lipinski definition) is 1. The minimum atomic E-state index is -0.584. The van der Waals surface area contributed by atoms with E-state index in [1.165, 1.54) is 0 Å². The van der Waals surface area contributed by atoms with Gasteiger partial charge < -0.3 is 19.7 Å². The largest absolute Gasteiger partial charge is 0.490 e. The molecule has 0 bridgehead atoms. The van der Waals surface area contributed by atoms with Gasteiger partial charge in [0.05, 0.1) is 13.2 Å². The van der Waals surface area contributed by atoms with E-state index < -0.39 is 6.04 Å². The molecule has 6 nitrogen and oxygen atoms in total. The quantitative estimate of drug-likeness (QED) is 0.306. The van der Waals surface area contributed by atoms with Gasteiger partial charge in [-0.1, -0.05) is 55.1 Å². The van der Waals surface area contributed by atoms with Gasteiger partial charge in [0.2, 0.25) is 11.8 Å². The van der Waals surface area contributed by atoms with Gasteiger partial charge in [0.25, 0.3) is 0 Å². The first-order valence-corrected chi connectivity index (χ1v) is 14.0. The van der Waals surface area contributed by atoms with Gasteiger partial charge in [0.1, 0.15) is 6.04 Å². The number of amides is 2. The van der Waals surface area contributed by atoms with Crippen molar-refractivity contribution in [3.8, 4) is 11.5 Å². The minimum absolute atomic E-state index is 0.104. The highest BCUT2D eigenvalue weighted by atomic mass is 35.5. The molecule has 8 heteroatoms. The number of carbonyl (C=O) groups excluding carboxylic acids is 2. The van der Waals surface area contributed by atoms with Crippen LogP contribution >= 0.6 is 23.2 Å². The summed E-state index contributed by atoms with van der Waals surface area (Å²) in [6, 6.07) is 10.6. The summed E-state index contributed by atoms with van der Waals surface area (Å²) in [5, 5.41) is 4.17. The highest BCUT2D eigenvalue weighted by Crippen LogP contribution is 2.30. The van der Waals surface area contributed by atoms with Gasteiger partial charge in [-0.3, -0.25) is 9.59 Å². The molecule has 0 radical (unpaired) electrons. The molecule has 0 spiro atoms. The Labute approximate surface area is 230 Å². The number of halogens is 2. The Morgan fingerprint density at radius 1 is 1.00 bits per heavy atom. The second kappa shape index (κ2) is 14.5. The molecule has 2 aromatic rings. The lowest BCUT2D eigenvalue weighted by atomic mass is 10.0. The summed E-state index contributed by atoms with van der Waals surface area (Å²) in [5.74, 6) is 1.15. The fourth-order valence-electron chi connectivity index (χ4n) is 4.77. The molecular formula is C29H38Cl2N2O4. The van der Waals surface area contributed by atoms with Crippen LogP contribution in [0, 0.1) is 0 Å². The summed E-state index contributed by atoms with van der Waals surface area (Å²) < 4.78 is 11.4. The Morgan fingerprint density at radius 3 is 2.35 bits per heavy atom. The van der Waals surface area contributed by atoms with E-state index in [-0.39, 0.29) is 30.8 Å². The van der Waals surface area contributed by atoms with Gasteiger partial charge in [0, 0.05) is 29.1 Å². The van der Waals surface area contributed by atoms with Gasteiger partial charge in [0.15, 0.2) is 11.5 Å². The number of benzene rings is 2. The maximum Gasteiger partial charge on any atom is 0.243 e. The highest BCUT2D eigenvalue weighted by Gasteiger charge is 2.31. The molecule has 1 fully saturated rings. The zero-order chi connectivity index (χ0) is 26.8. The van der Waals surface area contributed by atoms with Gasteiger partial charge in [-0.15, -0.1) is 0 Å². The van der Waals surface area contributed by atoms with Crippen molar-refractivity contribution in [1.82, 2.24) is 10.2 Å². The molecule has 3 rings (SSSR count). The average molecular weight is 550 g/mol. The fourth-order valence-corrected chi connectivity index (χ4v) is 5.23. The zero-order valence-corrected chi connectivity index (χ0v) is 23.5. The van der Waals surface area contributed by atoms with Crippen molar-refractivity contribution >= 4 is 35.0 Å². The van der Waals surface area contributed by atoms with Crippen LogP contribution in [0.4, 0.5) is 0 Å². The van der Waals surface area contributed by atoms with Crippen LogP contribution in [-0.2, 0) is 22.6 Å². The molecule has 0 aromatic heterocycles. The maximum absolute atomic E-state index is 13.6. The monoisotopic (exact) mass is 548 g/mol. The van der Waals surface area contributed by atoms with Crippen LogP contribution in [0.3, 0.4) is 0 Å².